The van der Waals surface area contributed by atoms with E-state index in [1.807, 2.05) is 29.3 Å². The van der Waals surface area contributed by atoms with Crippen molar-refractivity contribution >= 4 is 67.7 Å². The summed E-state index contributed by atoms with van der Waals surface area (Å²) < 4.78 is 1.04. The van der Waals surface area contributed by atoms with Gasteiger partial charge in [-0.25, -0.2) is 5.01 Å². The van der Waals surface area contributed by atoms with Gasteiger partial charge in [0, 0.05) is 29.0 Å². The first-order valence-corrected chi connectivity index (χ1v) is 12.2. The van der Waals surface area contributed by atoms with Crippen molar-refractivity contribution in [1.29, 1.82) is 0 Å². The Morgan fingerprint density at radius 3 is 2.68 bits per heavy atom. The molecule has 1 saturated heterocycles. The van der Waals surface area contributed by atoms with Crippen molar-refractivity contribution in [1.82, 2.24) is 10.4 Å². The molecule has 1 fully saturated rings. The Kier molecular flexibility index (Phi) is 6.10. The third kappa shape index (κ3) is 4.41. The molecule has 2 heterocycles. The molecule has 0 bridgehead atoms. The quantitative estimate of drug-likeness (QED) is 0.362. The smallest absolute Gasteiger partial charge is 0.137 e. The number of hydrazone groups is 1. The Bertz CT molecular complexity index is 1070. The van der Waals surface area contributed by atoms with Crippen LogP contribution in [0.4, 0.5) is 5.69 Å². The molecule has 0 aromatic heterocycles. The largest absolute Gasteiger partial charge is 0.308 e. The van der Waals surface area contributed by atoms with Crippen molar-refractivity contribution in [2.24, 2.45) is 16.9 Å². The van der Waals surface area contributed by atoms with Crippen molar-refractivity contribution in [2.75, 3.05) is 18.1 Å². The minimum absolute atomic E-state index is 0.00224. The van der Waals surface area contributed by atoms with Gasteiger partial charge >= 0.3 is 0 Å². The zero-order valence-electron chi connectivity index (χ0n) is 16.6. The van der Waals surface area contributed by atoms with Gasteiger partial charge in [0.2, 0.25) is 0 Å². The summed E-state index contributed by atoms with van der Waals surface area (Å²) in [5.41, 5.74) is 6.27. The lowest BCUT2D eigenvalue weighted by Gasteiger charge is -2.25. The highest BCUT2D eigenvalue weighted by Crippen LogP contribution is 2.40. The summed E-state index contributed by atoms with van der Waals surface area (Å²) in [6.45, 7) is 1.99. The number of fused-ring (bicyclic) bond motifs is 1. The lowest BCUT2D eigenvalue weighted by atomic mass is 10.0. The second-order valence-electron chi connectivity index (χ2n) is 8.19. The molecule has 0 radical (unpaired) electrons. The first-order chi connectivity index (χ1) is 15.0. The molecule has 8 heteroatoms. The Morgan fingerprint density at radius 2 is 1.94 bits per heavy atom. The Labute approximate surface area is 206 Å². The van der Waals surface area contributed by atoms with Gasteiger partial charge in [-0.2, -0.15) is 5.10 Å². The topological polar surface area (TPSA) is 30.9 Å². The summed E-state index contributed by atoms with van der Waals surface area (Å²) in [6.07, 6.45) is 6.48. The first-order valence-electron chi connectivity index (χ1n) is 10.3. The van der Waals surface area contributed by atoms with Crippen LogP contribution in [-0.2, 0) is 0 Å². The molecule has 0 spiro atoms. The zero-order chi connectivity index (χ0) is 21.5. The Hall–Kier alpha value is -1.44. The Balaban J connectivity index is 1.40. The number of hydrazine groups is 1. The number of anilines is 1. The van der Waals surface area contributed by atoms with Crippen LogP contribution in [0.15, 0.2) is 64.2 Å². The molecular weight excluding hydrogens is 515 g/mol. The van der Waals surface area contributed by atoms with Crippen LogP contribution in [0.25, 0.3) is 0 Å². The van der Waals surface area contributed by atoms with E-state index in [1.165, 1.54) is 0 Å². The van der Waals surface area contributed by atoms with Crippen LogP contribution >= 0.6 is 51.3 Å². The van der Waals surface area contributed by atoms with Crippen molar-refractivity contribution in [2.45, 2.75) is 18.9 Å². The minimum Gasteiger partial charge on any atom is -0.308 e. The van der Waals surface area contributed by atoms with E-state index in [0.29, 0.717) is 33.3 Å². The normalized spacial score (nSPS) is 25.1. The number of allylic oxidation sites excluding steroid dienone is 1. The van der Waals surface area contributed by atoms with Gasteiger partial charge in [0.1, 0.15) is 4.99 Å². The van der Waals surface area contributed by atoms with E-state index in [9.17, 15) is 0 Å². The molecule has 2 aromatic carbocycles. The highest BCUT2D eigenvalue weighted by Gasteiger charge is 2.36. The predicted molar refractivity (Wildman–Crippen MR) is 136 cm³/mol. The van der Waals surface area contributed by atoms with Crippen LogP contribution < -0.4 is 10.4 Å². The number of hydrogen-bond donors (Lipinski definition) is 1. The molecular formula is C23H21BrCl2N4S. The van der Waals surface area contributed by atoms with E-state index in [2.05, 4.69) is 50.6 Å². The number of thiocarbonyl (C=S) groups is 1. The average Bonchev–Trinajstić information content (AvgIpc) is 3.43. The van der Waals surface area contributed by atoms with Gasteiger partial charge in [-0.3, -0.25) is 5.01 Å². The summed E-state index contributed by atoms with van der Waals surface area (Å²) in [4.78, 5) is 0.679. The van der Waals surface area contributed by atoms with Crippen LogP contribution in [-0.4, -0.2) is 28.8 Å². The molecule has 2 aliphatic heterocycles. The van der Waals surface area contributed by atoms with Gasteiger partial charge in [-0.15, -0.1) is 0 Å². The fourth-order valence-electron chi connectivity index (χ4n) is 4.57. The van der Waals surface area contributed by atoms with Crippen molar-refractivity contribution in [3.63, 3.8) is 0 Å². The third-order valence-electron chi connectivity index (χ3n) is 6.16. The number of nitrogens with one attached hydrogen (secondary N) is 1. The van der Waals surface area contributed by atoms with Gasteiger partial charge < -0.3 is 5.43 Å². The van der Waals surface area contributed by atoms with Crippen molar-refractivity contribution < 1.29 is 0 Å². The van der Waals surface area contributed by atoms with E-state index < -0.39 is 0 Å². The van der Waals surface area contributed by atoms with Crippen LogP contribution in [0.1, 0.15) is 24.4 Å². The number of nitrogens with zero attached hydrogens (tertiary/aromatic N) is 3. The lowest BCUT2D eigenvalue weighted by molar-refractivity contribution is 0.284. The maximum atomic E-state index is 6.54. The van der Waals surface area contributed by atoms with Crippen LogP contribution in [0.5, 0.6) is 0 Å². The fraction of sp³-hybridized carbons (Fsp3) is 0.304. The summed E-state index contributed by atoms with van der Waals surface area (Å²) >= 11 is 22.0. The number of rotatable bonds is 4. The molecule has 5 rings (SSSR count). The second kappa shape index (κ2) is 8.83. The highest BCUT2D eigenvalue weighted by molar-refractivity contribution is 9.10. The third-order valence-corrected chi connectivity index (χ3v) is 7.55. The van der Waals surface area contributed by atoms with E-state index in [4.69, 9.17) is 40.5 Å². The van der Waals surface area contributed by atoms with E-state index >= 15 is 0 Å². The maximum absolute atomic E-state index is 6.54. The molecule has 160 valence electrons. The van der Waals surface area contributed by atoms with Crippen LogP contribution in [0, 0.1) is 11.8 Å². The molecule has 4 nitrogen and oxygen atoms in total. The number of halogens is 3. The summed E-state index contributed by atoms with van der Waals surface area (Å²) in [5, 5.41) is 10.3. The van der Waals surface area contributed by atoms with E-state index in [-0.39, 0.29) is 6.04 Å². The second-order valence-corrected chi connectivity index (χ2v) is 10.4. The summed E-state index contributed by atoms with van der Waals surface area (Å²) in [7, 11) is 0. The molecule has 3 atom stereocenters. The number of benzene rings is 2. The number of hydrogen-bond acceptors (Lipinski definition) is 4. The zero-order valence-corrected chi connectivity index (χ0v) is 20.6. The molecule has 1 N–H and O–H groups in total. The van der Waals surface area contributed by atoms with E-state index in [1.54, 1.807) is 6.07 Å². The first kappa shape index (κ1) is 21.4. The average molecular weight is 536 g/mol. The Morgan fingerprint density at radius 1 is 1.13 bits per heavy atom. The summed E-state index contributed by atoms with van der Waals surface area (Å²) in [5.74, 6) is 1.32. The molecule has 0 amide bonds. The fourth-order valence-corrected chi connectivity index (χ4v) is 5.59. The molecule has 2 aromatic rings. The van der Waals surface area contributed by atoms with Crippen LogP contribution in [0.3, 0.4) is 0 Å². The molecule has 3 aliphatic rings. The van der Waals surface area contributed by atoms with E-state index in [0.717, 1.165) is 40.9 Å². The van der Waals surface area contributed by atoms with Crippen molar-refractivity contribution in [3.8, 4) is 0 Å². The van der Waals surface area contributed by atoms with Crippen LogP contribution in [0.2, 0.25) is 10.0 Å². The maximum Gasteiger partial charge on any atom is 0.137 e. The highest BCUT2D eigenvalue weighted by atomic mass is 79.9. The molecule has 31 heavy (non-hydrogen) atoms. The van der Waals surface area contributed by atoms with Gasteiger partial charge in [0.05, 0.1) is 22.5 Å². The van der Waals surface area contributed by atoms with Gasteiger partial charge in [-0.05, 0) is 54.2 Å². The molecule has 0 saturated carbocycles. The molecule has 3 unspecified atom stereocenters. The SMILES string of the molecule is S=C(NN1CC2C=CCC2C1)C1=NN(c2ccc(Cl)cc2Cl)C(c2ccc(Br)cc2)C1. The monoisotopic (exact) mass is 534 g/mol. The van der Waals surface area contributed by atoms with Crippen molar-refractivity contribution in [3.05, 3.63) is 74.7 Å². The molecule has 1 aliphatic carbocycles. The standard InChI is InChI=1S/C23H21BrCl2N4S/c24-17-6-4-14(5-7-17)22-11-20(27-30(22)21-9-8-18(25)10-19(21)26)23(31)28-29-12-15-2-1-3-16(15)13-29/h1-2,4-10,15-16,22H,3,11-13H2,(H,28,31). The minimum atomic E-state index is 0.00224. The van der Waals surface area contributed by atoms with Gasteiger partial charge in [0.15, 0.2) is 0 Å². The lowest BCUT2D eigenvalue weighted by Crippen LogP contribution is -2.43. The van der Waals surface area contributed by atoms with Gasteiger partial charge in [-0.1, -0.05) is 75.6 Å². The van der Waals surface area contributed by atoms with Gasteiger partial charge in [0.25, 0.3) is 0 Å². The predicted octanol–water partition coefficient (Wildman–Crippen LogP) is 6.40. The summed E-state index contributed by atoms with van der Waals surface area (Å²) in [6, 6.07) is 13.8.